The lowest BCUT2D eigenvalue weighted by Gasteiger charge is -2.14. The van der Waals surface area contributed by atoms with Crippen LogP contribution >= 0.6 is 35.0 Å². The lowest BCUT2D eigenvalue weighted by Crippen LogP contribution is -2.24. The summed E-state index contributed by atoms with van der Waals surface area (Å²) < 4.78 is 1.56. The van der Waals surface area contributed by atoms with Gasteiger partial charge in [-0.15, -0.1) is 0 Å². The van der Waals surface area contributed by atoms with Gasteiger partial charge in [-0.05, 0) is 43.2 Å². The van der Waals surface area contributed by atoms with E-state index in [2.05, 4.69) is 12.2 Å². The maximum atomic E-state index is 13.2. The van der Waals surface area contributed by atoms with Crippen molar-refractivity contribution in [2.24, 2.45) is 0 Å². The van der Waals surface area contributed by atoms with Gasteiger partial charge in [0, 0.05) is 18.7 Å². The maximum Gasteiger partial charge on any atom is 0.266 e. The Morgan fingerprint density at radius 2 is 1.90 bits per heavy atom. The van der Waals surface area contributed by atoms with Gasteiger partial charge in [-0.3, -0.25) is 14.2 Å². The first-order valence-corrected chi connectivity index (χ1v) is 12.1. The van der Waals surface area contributed by atoms with Gasteiger partial charge in [0.2, 0.25) is 5.91 Å². The quantitative estimate of drug-likeness (QED) is 0.225. The van der Waals surface area contributed by atoms with Crippen LogP contribution in [0.15, 0.2) is 52.4 Å². The number of para-hydroxylation sites is 1. The second-order valence-corrected chi connectivity index (χ2v) is 9.04. The Balaban J connectivity index is 1.77. The lowest BCUT2D eigenvalue weighted by atomic mass is 10.2. The fourth-order valence-corrected chi connectivity index (χ4v) is 4.39. The van der Waals surface area contributed by atoms with Gasteiger partial charge in [-0.1, -0.05) is 66.9 Å². The van der Waals surface area contributed by atoms with Crippen LogP contribution in [0.3, 0.4) is 0 Å². The van der Waals surface area contributed by atoms with Crippen LogP contribution in [0.1, 0.15) is 39.0 Å². The van der Waals surface area contributed by atoms with Crippen molar-refractivity contribution in [3.05, 3.63) is 62.9 Å². The average Bonchev–Trinajstić information content (AvgIpc) is 2.76. The minimum Gasteiger partial charge on any atom is -0.356 e. The van der Waals surface area contributed by atoms with Crippen LogP contribution in [-0.4, -0.2) is 27.8 Å². The highest BCUT2D eigenvalue weighted by Gasteiger charge is 2.14. The number of fused-ring (bicyclic) bond motifs is 1. The molecule has 8 heteroatoms. The number of nitrogens with zero attached hydrogens (tertiary/aromatic N) is 2. The summed E-state index contributed by atoms with van der Waals surface area (Å²) in [5.74, 6) is 0.721. The number of carbonyl (C=O) groups is 1. The molecule has 1 N–H and O–H groups in total. The third-order valence-electron chi connectivity index (χ3n) is 4.79. The van der Waals surface area contributed by atoms with Crippen molar-refractivity contribution in [3.63, 3.8) is 0 Å². The Labute approximate surface area is 196 Å². The number of rotatable bonds is 10. The number of thioether (sulfide) groups is 1. The largest absolute Gasteiger partial charge is 0.356 e. The minimum absolute atomic E-state index is 0.0602. The van der Waals surface area contributed by atoms with Crippen molar-refractivity contribution < 1.29 is 4.79 Å². The number of hydrogen-bond acceptors (Lipinski definition) is 4. The molecule has 0 atom stereocenters. The Morgan fingerprint density at radius 1 is 1.10 bits per heavy atom. The van der Waals surface area contributed by atoms with Crippen LogP contribution < -0.4 is 10.9 Å². The zero-order valence-corrected chi connectivity index (χ0v) is 19.7. The second kappa shape index (κ2) is 11.6. The molecule has 1 aromatic heterocycles. The highest BCUT2D eigenvalue weighted by molar-refractivity contribution is 7.99. The first-order chi connectivity index (χ1) is 15.0. The van der Waals surface area contributed by atoms with E-state index in [4.69, 9.17) is 28.2 Å². The van der Waals surface area contributed by atoms with Crippen molar-refractivity contribution in [3.8, 4) is 5.69 Å². The van der Waals surface area contributed by atoms with E-state index >= 15 is 0 Å². The molecule has 0 aliphatic carbocycles. The molecule has 164 valence electrons. The van der Waals surface area contributed by atoms with Crippen molar-refractivity contribution >= 4 is 51.8 Å². The van der Waals surface area contributed by atoms with Crippen LogP contribution in [0.2, 0.25) is 10.0 Å². The Bertz CT molecular complexity index is 1120. The molecule has 0 bridgehead atoms. The number of aromatic nitrogens is 2. The molecule has 1 heterocycles. The fourth-order valence-electron chi connectivity index (χ4n) is 3.15. The number of nitrogens with one attached hydrogen (secondary N) is 1. The van der Waals surface area contributed by atoms with Gasteiger partial charge in [0.1, 0.15) is 0 Å². The standard InChI is InChI=1S/C23H25Cl2N3O2S/c1-2-3-6-13-26-21(29)10-7-14-31-23-27-20-9-5-4-8-17(20)22(30)28(23)16-11-12-18(24)19(25)15-16/h4-5,8-9,11-12,15H,2-3,6-7,10,13-14H2,1H3,(H,26,29). The maximum absolute atomic E-state index is 13.2. The van der Waals surface area contributed by atoms with Crippen molar-refractivity contribution in [2.75, 3.05) is 12.3 Å². The number of carbonyl (C=O) groups excluding carboxylic acids is 1. The Morgan fingerprint density at radius 3 is 2.68 bits per heavy atom. The van der Waals surface area contributed by atoms with Gasteiger partial charge >= 0.3 is 0 Å². The van der Waals surface area contributed by atoms with Gasteiger partial charge in [0.05, 0.1) is 26.6 Å². The van der Waals surface area contributed by atoms with Gasteiger partial charge in [-0.25, -0.2) is 4.98 Å². The zero-order valence-electron chi connectivity index (χ0n) is 17.4. The molecule has 0 spiro atoms. The van der Waals surface area contributed by atoms with Gasteiger partial charge in [-0.2, -0.15) is 0 Å². The molecule has 2 aromatic carbocycles. The third kappa shape index (κ3) is 6.25. The van der Waals surface area contributed by atoms with E-state index in [1.54, 1.807) is 28.8 Å². The second-order valence-electron chi connectivity index (χ2n) is 7.16. The number of unbranched alkanes of at least 4 members (excludes halogenated alkanes) is 2. The predicted molar refractivity (Wildman–Crippen MR) is 130 cm³/mol. The summed E-state index contributed by atoms with van der Waals surface area (Å²) in [6, 6.07) is 12.3. The first-order valence-electron chi connectivity index (χ1n) is 10.4. The molecule has 0 aliphatic rings. The Hall–Kier alpha value is -2.02. The van der Waals surface area contributed by atoms with Crippen molar-refractivity contribution in [2.45, 2.75) is 44.2 Å². The Kier molecular flexibility index (Phi) is 8.81. The van der Waals surface area contributed by atoms with E-state index in [-0.39, 0.29) is 11.5 Å². The zero-order chi connectivity index (χ0) is 22.2. The first kappa shape index (κ1) is 23.6. The third-order valence-corrected chi connectivity index (χ3v) is 6.55. The smallest absolute Gasteiger partial charge is 0.266 e. The van der Waals surface area contributed by atoms with Crippen LogP contribution in [0.25, 0.3) is 16.6 Å². The molecular weight excluding hydrogens is 453 g/mol. The van der Waals surface area contributed by atoms with Gasteiger partial charge in [0.25, 0.3) is 5.56 Å². The van der Waals surface area contributed by atoms with Crippen LogP contribution in [0, 0.1) is 0 Å². The average molecular weight is 478 g/mol. The SMILES string of the molecule is CCCCCNC(=O)CCCSc1nc2ccccc2c(=O)n1-c1ccc(Cl)c(Cl)c1. The van der Waals surface area contributed by atoms with E-state index in [1.807, 2.05) is 18.2 Å². The van der Waals surface area contributed by atoms with E-state index in [0.717, 1.165) is 25.8 Å². The monoisotopic (exact) mass is 477 g/mol. The summed E-state index contributed by atoms with van der Waals surface area (Å²) in [4.78, 5) is 29.9. The number of amides is 1. The molecule has 5 nitrogen and oxygen atoms in total. The van der Waals surface area contributed by atoms with Gasteiger partial charge < -0.3 is 5.32 Å². The fraction of sp³-hybridized carbons (Fsp3) is 0.348. The molecule has 0 saturated carbocycles. The van der Waals surface area contributed by atoms with E-state index in [9.17, 15) is 9.59 Å². The number of halogens is 2. The molecular formula is C23H25Cl2N3O2S. The molecule has 0 fully saturated rings. The van der Waals surface area contributed by atoms with Crippen molar-refractivity contribution in [1.29, 1.82) is 0 Å². The highest BCUT2D eigenvalue weighted by Crippen LogP contribution is 2.27. The predicted octanol–water partition coefficient (Wildman–Crippen LogP) is 5.87. The lowest BCUT2D eigenvalue weighted by molar-refractivity contribution is -0.121. The molecule has 0 saturated heterocycles. The molecule has 3 rings (SSSR count). The van der Waals surface area contributed by atoms with E-state index in [1.165, 1.54) is 11.8 Å². The summed E-state index contributed by atoms with van der Waals surface area (Å²) in [7, 11) is 0. The summed E-state index contributed by atoms with van der Waals surface area (Å²) in [6.07, 6.45) is 4.40. The molecule has 31 heavy (non-hydrogen) atoms. The molecule has 0 unspecified atom stereocenters. The summed E-state index contributed by atoms with van der Waals surface area (Å²) in [6.45, 7) is 2.86. The topological polar surface area (TPSA) is 64.0 Å². The molecule has 0 radical (unpaired) electrons. The van der Waals surface area contributed by atoms with Crippen LogP contribution in [-0.2, 0) is 4.79 Å². The summed E-state index contributed by atoms with van der Waals surface area (Å²) in [5, 5.41) is 4.84. The van der Waals surface area contributed by atoms with Crippen LogP contribution in [0.5, 0.6) is 0 Å². The summed E-state index contributed by atoms with van der Waals surface area (Å²) >= 11 is 13.7. The molecule has 3 aromatic rings. The normalized spacial score (nSPS) is 11.1. The van der Waals surface area contributed by atoms with Crippen molar-refractivity contribution in [1.82, 2.24) is 14.9 Å². The molecule has 1 amide bonds. The number of benzene rings is 2. The highest BCUT2D eigenvalue weighted by atomic mass is 35.5. The van der Waals surface area contributed by atoms with E-state index in [0.29, 0.717) is 50.4 Å². The number of hydrogen-bond donors (Lipinski definition) is 1. The molecule has 0 aliphatic heterocycles. The van der Waals surface area contributed by atoms with Gasteiger partial charge in [0.15, 0.2) is 5.16 Å². The minimum atomic E-state index is -0.167. The summed E-state index contributed by atoms with van der Waals surface area (Å²) in [5.41, 5.74) is 1.08. The van der Waals surface area contributed by atoms with E-state index < -0.39 is 0 Å². The van der Waals surface area contributed by atoms with Crippen LogP contribution in [0.4, 0.5) is 0 Å².